The van der Waals surface area contributed by atoms with Crippen LogP contribution in [-0.4, -0.2) is 12.3 Å². The molecule has 0 heterocycles. The number of hydrogen-bond acceptors (Lipinski definition) is 0. The van der Waals surface area contributed by atoms with Gasteiger partial charge in [-0.25, -0.2) is 0 Å². The zero-order valence-electron chi connectivity index (χ0n) is 21.9. The molecule has 6 saturated carbocycles. The molecule has 32 heavy (non-hydrogen) atoms. The zero-order chi connectivity index (χ0) is 22.7. The third-order valence-corrected chi connectivity index (χ3v) is 15.9. The Labute approximate surface area is 205 Å². The highest BCUT2D eigenvalue weighted by Gasteiger charge is 2.66. The molecule has 0 amide bonds. The Hall–Kier alpha value is 0.720. The fraction of sp³-hybridized carbons (Fsp3) is 1.00. The maximum Gasteiger partial charge on any atom is -0.00911 e. The quantitative estimate of drug-likeness (QED) is 0.354. The van der Waals surface area contributed by atoms with Gasteiger partial charge in [-0.15, -0.1) is 0 Å². The lowest BCUT2D eigenvalue weighted by atomic mass is 9.65. The van der Waals surface area contributed by atoms with E-state index < -0.39 is 0 Å². The summed E-state index contributed by atoms with van der Waals surface area (Å²) < 4.78 is 0. The van der Waals surface area contributed by atoms with Crippen LogP contribution in [0.3, 0.4) is 0 Å². The van der Waals surface area contributed by atoms with E-state index in [0.717, 1.165) is 47.3 Å². The van der Waals surface area contributed by atoms with Gasteiger partial charge in [-0.1, -0.05) is 65.6 Å². The molecule has 182 valence electrons. The SMILES string of the molecule is CC1(C)CCC[C@]2(C)[C@H](CP(Cl)C[C@@H]3[C@H]4CC[C@@H]5[C@@H]4C(C)(C)CCC[C@]35C)[C@H]3CC[C@@H]2[C@@H]31. The summed E-state index contributed by atoms with van der Waals surface area (Å²) >= 11 is 7.51. The van der Waals surface area contributed by atoms with Crippen LogP contribution < -0.4 is 0 Å². The largest absolute Gasteiger partial charge is 0.0964 e. The Morgan fingerprint density at radius 3 is 1.44 bits per heavy atom. The van der Waals surface area contributed by atoms with Gasteiger partial charge in [-0.3, -0.25) is 0 Å². The summed E-state index contributed by atoms with van der Waals surface area (Å²) in [4.78, 5) is 0. The summed E-state index contributed by atoms with van der Waals surface area (Å²) in [7, 11) is -0.344. The van der Waals surface area contributed by atoms with E-state index in [1.54, 1.807) is 0 Å². The van der Waals surface area contributed by atoms with Crippen molar-refractivity contribution in [1.29, 1.82) is 0 Å². The summed E-state index contributed by atoms with van der Waals surface area (Å²) in [6.45, 7) is 15.9. The molecule has 6 aliphatic rings. The van der Waals surface area contributed by atoms with Crippen molar-refractivity contribution in [1.82, 2.24) is 0 Å². The molecular formula is C30H50ClP. The van der Waals surface area contributed by atoms with Crippen LogP contribution in [0.1, 0.15) is 106 Å². The van der Waals surface area contributed by atoms with Gasteiger partial charge in [0.2, 0.25) is 0 Å². The standard InChI is InChI=1S/C30H50ClP/c1-27(2)13-7-15-29(5)21-11-9-19(25(21)27)23(29)17-32(31)18-24-20-10-12-22-26(20)28(3,4)14-8-16-30(22,24)6/h19-26H,7-18H2,1-6H3/t19-,20-,21-,22-,23-,24-,25-,26-,29+,30+/m1/s1. The fourth-order valence-electron chi connectivity index (χ4n) is 12.3. The summed E-state index contributed by atoms with van der Waals surface area (Å²) in [6.07, 6.45) is 17.7. The van der Waals surface area contributed by atoms with E-state index in [1.165, 1.54) is 76.5 Å². The Balaban J connectivity index is 1.22. The van der Waals surface area contributed by atoms with Crippen molar-refractivity contribution in [3.8, 4) is 0 Å². The van der Waals surface area contributed by atoms with Crippen LogP contribution in [0.5, 0.6) is 0 Å². The first-order valence-electron chi connectivity index (χ1n) is 14.4. The molecule has 2 heteroatoms. The molecule has 0 N–H and O–H groups in total. The summed E-state index contributed by atoms with van der Waals surface area (Å²) in [5.41, 5.74) is 2.33. The molecule has 8 bridgehead atoms. The predicted octanol–water partition coefficient (Wildman–Crippen LogP) is 9.60. The van der Waals surface area contributed by atoms with Crippen LogP contribution in [0.15, 0.2) is 0 Å². The minimum absolute atomic E-state index is 0.344. The van der Waals surface area contributed by atoms with Crippen molar-refractivity contribution in [3.05, 3.63) is 0 Å². The van der Waals surface area contributed by atoms with E-state index in [-0.39, 0.29) is 7.27 Å². The van der Waals surface area contributed by atoms with Gasteiger partial charge in [0.1, 0.15) is 0 Å². The van der Waals surface area contributed by atoms with Gasteiger partial charge in [0.05, 0.1) is 0 Å². The zero-order valence-corrected chi connectivity index (χ0v) is 23.6. The van der Waals surface area contributed by atoms with E-state index in [4.69, 9.17) is 11.2 Å². The maximum absolute atomic E-state index is 7.51. The Morgan fingerprint density at radius 2 is 1.03 bits per heavy atom. The minimum atomic E-state index is -0.344. The second-order valence-corrected chi connectivity index (χ2v) is 18.6. The highest BCUT2D eigenvalue weighted by Crippen LogP contribution is 2.75. The molecule has 6 aliphatic carbocycles. The third-order valence-electron chi connectivity index (χ3n) is 13.5. The van der Waals surface area contributed by atoms with Gasteiger partial charge >= 0.3 is 0 Å². The van der Waals surface area contributed by atoms with Crippen molar-refractivity contribution in [2.45, 2.75) is 106 Å². The smallest absolute Gasteiger partial charge is 0.00911 e. The van der Waals surface area contributed by atoms with Crippen molar-refractivity contribution in [3.63, 3.8) is 0 Å². The lowest BCUT2D eigenvalue weighted by Crippen LogP contribution is -2.37. The van der Waals surface area contributed by atoms with Crippen LogP contribution in [0.25, 0.3) is 0 Å². The van der Waals surface area contributed by atoms with E-state index in [2.05, 4.69) is 41.5 Å². The monoisotopic (exact) mass is 476 g/mol. The van der Waals surface area contributed by atoms with Gasteiger partial charge < -0.3 is 0 Å². The number of rotatable bonds is 4. The molecule has 0 aromatic carbocycles. The number of halogens is 1. The topological polar surface area (TPSA) is 0 Å². The van der Waals surface area contributed by atoms with E-state index in [9.17, 15) is 0 Å². The van der Waals surface area contributed by atoms with Gasteiger partial charge in [-0.05, 0) is 140 Å². The second-order valence-electron chi connectivity index (χ2n) is 15.5. The normalized spacial score (nSPS) is 54.8. The minimum Gasteiger partial charge on any atom is -0.0964 e. The van der Waals surface area contributed by atoms with E-state index in [1.807, 2.05) is 0 Å². The highest BCUT2D eigenvalue weighted by atomic mass is 35.7. The average Bonchev–Trinajstić information content (AvgIpc) is 3.39. The average molecular weight is 477 g/mol. The Bertz CT molecular complexity index is 696. The van der Waals surface area contributed by atoms with Crippen LogP contribution in [0, 0.1) is 69.0 Å². The van der Waals surface area contributed by atoms with Crippen LogP contribution in [-0.2, 0) is 0 Å². The summed E-state index contributed by atoms with van der Waals surface area (Å²) in [5.74, 6) is 7.81. The first-order valence-corrected chi connectivity index (χ1v) is 17.0. The second kappa shape index (κ2) is 7.37. The molecule has 6 fully saturated rings. The van der Waals surface area contributed by atoms with Crippen molar-refractivity contribution in [2.24, 2.45) is 69.0 Å². The van der Waals surface area contributed by atoms with Crippen LogP contribution in [0.4, 0.5) is 0 Å². The molecule has 0 saturated heterocycles. The maximum atomic E-state index is 7.51. The molecule has 10 atom stereocenters. The van der Waals surface area contributed by atoms with Gasteiger partial charge in [0.15, 0.2) is 0 Å². The Morgan fingerprint density at radius 1 is 0.625 bits per heavy atom. The van der Waals surface area contributed by atoms with E-state index >= 15 is 0 Å². The first-order chi connectivity index (χ1) is 15.0. The Kier molecular flexibility index (Phi) is 5.33. The van der Waals surface area contributed by atoms with Crippen LogP contribution in [0.2, 0.25) is 0 Å². The molecule has 6 rings (SSSR count). The van der Waals surface area contributed by atoms with Crippen LogP contribution >= 0.6 is 18.5 Å². The van der Waals surface area contributed by atoms with Gasteiger partial charge in [0.25, 0.3) is 0 Å². The van der Waals surface area contributed by atoms with Crippen molar-refractivity contribution < 1.29 is 0 Å². The molecule has 0 nitrogen and oxygen atoms in total. The molecular weight excluding hydrogens is 427 g/mol. The highest BCUT2D eigenvalue weighted by molar-refractivity contribution is 7.84. The van der Waals surface area contributed by atoms with Gasteiger partial charge in [0, 0.05) is 0 Å². The first kappa shape index (κ1) is 23.1. The third kappa shape index (κ3) is 3.02. The van der Waals surface area contributed by atoms with Crippen molar-refractivity contribution >= 4 is 18.5 Å². The summed E-state index contributed by atoms with van der Waals surface area (Å²) in [5, 5.41) is 0. The fourth-order valence-corrected chi connectivity index (χ4v) is 15.6. The van der Waals surface area contributed by atoms with Gasteiger partial charge in [-0.2, -0.15) is 0 Å². The molecule has 0 aliphatic heterocycles. The lowest BCUT2D eigenvalue weighted by Gasteiger charge is -2.45. The molecule has 0 unspecified atom stereocenters. The molecule has 0 spiro atoms. The molecule has 0 radical (unpaired) electrons. The summed E-state index contributed by atoms with van der Waals surface area (Å²) in [6, 6.07) is 0. The van der Waals surface area contributed by atoms with Crippen molar-refractivity contribution in [2.75, 3.05) is 12.3 Å². The molecule has 0 aromatic rings. The predicted molar refractivity (Wildman–Crippen MR) is 140 cm³/mol. The van der Waals surface area contributed by atoms with E-state index in [0.29, 0.717) is 21.7 Å². The number of hydrogen-bond donors (Lipinski definition) is 0. The lowest BCUT2D eigenvalue weighted by molar-refractivity contribution is 0.0980. The molecule has 0 aromatic heterocycles.